The molecule has 0 aliphatic carbocycles. The predicted octanol–water partition coefficient (Wildman–Crippen LogP) is 6.05. The fraction of sp³-hybridized carbons (Fsp3) is 0.344. The molecule has 1 fully saturated rings. The molecule has 1 amide bonds. The van der Waals surface area contributed by atoms with Crippen LogP contribution in [0.25, 0.3) is 21.7 Å². The van der Waals surface area contributed by atoms with Crippen molar-refractivity contribution in [2.24, 2.45) is 0 Å². The van der Waals surface area contributed by atoms with Crippen LogP contribution in [0.2, 0.25) is 0 Å². The van der Waals surface area contributed by atoms with Crippen LogP contribution in [0, 0.1) is 13.8 Å². The molecule has 7 heteroatoms. The third-order valence-corrected chi connectivity index (χ3v) is 9.67. The van der Waals surface area contributed by atoms with Gasteiger partial charge < -0.3 is 14.5 Å². The van der Waals surface area contributed by atoms with Crippen molar-refractivity contribution in [2.75, 3.05) is 38.2 Å². The molecule has 0 N–H and O–H groups in total. The molecular formula is C32H32N4O2S. The number of piperidine rings is 1. The van der Waals surface area contributed by atoms with Crippen molar-refractivity contribution in [3.05, 3.63) is 81.9 Å². The van der Waals surface area contributed by atoms with Crippen molar-refractivity contribution in [3.8, 4) is 27.4 Å². The number of amides is 1. The summed E-state index contributed by atoms with van der Waals surface area (Å²) in [6, 6.07) is 19.0. The average molecular weight is 537 g/mol. The van der Waals surface area contributed by atoms with Gasteiger partial charge in [0, 0.05) is 34.3 Å². The third kappa shape index (κ3) is 4.15. The molecule has 7 rings (SSSR count). The Labute approximate surface area is 233 Å². The lowest BCUT2D eigenvalue weighted by atomic mass is 9.74. The minimum atomic E-state index is 0.0710. The number of benzene rings is 3. The van der Waals surface area contributed by atoms with Crippen LogP contribution in [-0.2, 0) is 11.8 Å². The summed E-state index contributed by atoms with van der Waals surface area (Å²) in [5, 5.41) is 10.3. The maximum atomic E-state index is 13.8. The standard InChI is InChI=1S/C32H32N4O2S/c1-20-16-25(8-9-26(20)22-4-6-23(7-5-22)30-34-33-21(2)39-30)31(37)36-13-10-24-17-29-27(18-28(24)36)32(19-38-29)11-14-35(3)15-12-32/h4-9,16-18H,10-15,19H2,1-3H3. The number of carbonyl (C=O) groups excluding carboxylic acids is 1. The third-order valence-electron chi connectivity index (χ3n) is 8.78. The number of nitrogens with zero attached hydrogens (tertiary/aromatic N) is 4. The molecule has 3 aromatic carbocycles. The van der Waals surface area contributed by atoms with Crippen molar-refractivity contribution < 1.29 is 9.53 Å². The summed E-state index contributed by atoms with van der Waals surface area (Å²) in [6.07, 6.45) is 3.07. The fourth-order valence-corrected chi connectivity index (χ4v) is 7.09. The van der Waals surface area contributed by atoms with Gasteiger partial charge in [0.2, 0.25) is 0 Å². The molecular weight excluding hydrogens is 504 g/mol. The SMILES string of the molecule is Cc1nnc(-c2ccc(-c3ccc(C(=O)N4CCc5cc6c(cc54)C4(CCN(C)CC4)CO6)cc3C)cc2)s1. The second-order valence-electron chi connectivity index (χ2n) is 11.3. The van der Waals surface area contributed by atoms with Crippen LogP contribution in [0.4, 0.5) is 5.69 Å². The van der Waals surface area contributed by atoms with Crippen molar-refractivity contribution >= 4 is 22.9 Å². The molecule has 198 valence electrons. The van der Waals surface area contributed by atoms with Gasteiger partial charge in [-0.2, -0.15) is 0 Å². The Balaban J connectivity index is 1.14. The molecule has 0 bridgehead atoms. The van der Waals surface area contributed by atoms with E-state index in [0.29, 0.717) is 6.54 Å². The van der Waals surface area contributed by atoms with Crippen LogP contribution >= 0.6 is 11.3 Å². The summed E-state index contributed by atoms with van der Waals surface area (Å²) in [6.45, 7) is 7.68. The number of rotatable bonds is 3. The van der Waals surface area contributed by atoms with Gasteiger partial charge in [0.15, 0.2) is 0 Å². The zero-order valence-electron chi connectivity index (χ0n) is 22.7. The van der Waals surface area contributed by atoms with Crippen LogP contribution in [0.15, 0.2) is 54.6 Å². The molecule has 4 heterocycles. The number of hydrogen-bond donors (Lipinski definition) is 0. The van der Waals surface area contributed by atoms with Crippen LogP contribution in [0.3, 0.4) is 0 Å². The molecule has 3 aliphatic rings. The van der Waals surface area contributed by atoms with Gasteiger partial charge >= 0.3 is 0 Å². The topological polar surface area (TPSA) is 58.6 Å². The zero-order chi connectivity index (χ0) is 26.7. The number of anilines is 1. The molecule has 6 nitrogen and oxygen atoms in total. The first kappa shape index (κ1) is 24.5. The summed E-state index contributed by atoms with van der Waals surface area (Å²) in [5.74, 6) is 1.10. The number of aromatic nitrogens is 2. The average Bonchev–Trinajstić information content (AvgIpc) is 3.66. The summed E-state index contributed by atoms with van der Waals surface area (Å²) in [7, 11) is 2.19. The van der Waals surface area contributed by atoms with E-state index in [1.165, 1.54) is 11.1 Å². The lowest BCUT2D eigenvalue weighted by Crippen LogP contribution is -2.42. The fourth-order valence-electron chi connectivity index (χ4n) is 6.40. The Hall–Kier alpha value is -3.55. The number of fused-ring (bicyclic) bond motifs is 3. The van der Waals surface area contributed by atoms with E-state index in [9.17, 15) is 4.79 Å². The van der Waals surface area contributed by atoms with E-state index in [1.54, 1.807) is 11.3 Å². The maximum Gasteiger partial charge on any atom is 0.258 e. The summed E-state index contributed by atoms with van der Waals surface area (Å²) in [5.41, 5.74) is 8.81. The van der Waals surface area contributed by atoms with E-state index in [4.69, 9.17) is 4.74 Å². The maximum absolute atomic E-state index is 13.8. The highest BCUT2D eigenvalue weighted by atomic mass is 32.1. The molecule has 1 aromatic heterocycles. The highest BCUT2D eigenvalue weighted by molar-refractivity contribution is 7.14. The molecule has 0 atom stereocenters. The van der Waals surface area contributed by atoms with E-state index in [0.717, 1.165) is 88.2 Å². The van der Waals surface area contributed by atoms with Crippen LogP contribution < -0.4 is 9.64 Å². The second kappa shape index (κ2) is 9.28. The van der Waals surface area contributed by atoms with E-state index in [1.807, 2.05) is 24.0 Å². The van der Waals surface area contributed by atoms with Gasteiger partial charge in [0.25, 0.3) is 5.91 Å². The summed E-state index contributed by atoms with van der Waals surface area (Å²) < 4.78 is 6.21. The Bertz CT molecular complexity index is 1580. The van der Waals surface area contributed by atoms with E-state index in [-0.39, 0.29) is 11.3 Å². The lowest BCUT2D eigenvalue weighted by Gasteiger charge is -2.37. The summed E-state index contributed by atoms with van der Waals surface area (Å²) in [4.78, 5) is 18.2. The molecule has 3 aliphatic heterocycles. The molecule has 4 aromatic rings. The first-order chi connectivity index (χ1) is 18.9. The van der Waals surface area contributed by atoms with Gasteiger partial charge in [0.05, 0.1) is 6.61 Å². The van der Waals surface area contributed by atoms with Crippen molar-refractivity contribution in [2.45, 2.75) is 38.5 Å². The second-order valence-corrected chi connectivity index (χ2v) is 12.5. The lowest BCUT2D eigenvalue weighted by molar-refractivity contribution is 0.0989. The van der Waals surface area contributed by atoms with Crippen LogP contribution in [0.5, 0.6) is 5.75 Å². The minimum absolute atomic E-state index is 0.0710. The molecule has 39 heavy (non-hydrogen) atoms. The van der Waals surface area contributed by atoms with E-state index < -0.39 is 0 Å². The van der Waals surface area contributed by atoms with Gasteiger partial charge in [-0.25, -0.2) is 0 Å². The quantitative estimate of drug-likeness (QED) is 0.319. The van der Waals surface area contributed by atoms with Gasteiger partial charge in [0.1, 0.15) is 15.8 Å². The number of carbonyl (C=O) groups is 1. The number of hydrogen-bond acceptors (Lipinski definition) is 6. The minimum Gasteiger partial charge on any atom is -0.492 e. The smallest absolute Gasteiger partial charge is 0.258 e. The van der Waals surface area contributed by atoms with Gasteiger partial charge in [-0.3, -0.25) is 4.79 Å². The van der Waals surface area contributed by atoms with E-state index >= 15 is 0 Å². The molecule has 0 saturated carbocycles. The van der Waals surface area contributed by atoms with Crippen LogP contribution in [0.1, 0.15) is 44.9 Å². The largest absolute Gasteiger partial charge is 0.492 e. The Morgan fingerprint density at radius 3 is 2.44 bits per heavy atom. The number of likely N-dealkylation sites (tertiary alicyclic amines) is 1. The van der Waals surface area contributed by atoms with Gasteiger partial charge in [-0.1, -0.05) is 41.7 Å². The van der Waals surface area contributed by atoms with Crippen molar-refractivity contribution in [1.29, 1.82) is 0 Å². The molecule has 0 unspecified atom stereocenters. The number of aryl methyl sites for hydroxylation is 2. The Morgan fingerprint density at radius 2 is 1.72 bits per heavy atom. The van der Waals surface area contributed by atoms with Crippen molar-refractivity contribution in [3.63, 3.8) is 0 Å². The Morgan fingerprint density at radius 1 is 0.949 bits per heavy atom. The molecule has 1 saturated heterocycles. The Kier molecular flexibility index (Phi) is 5.83. The highest BCUT2D eigenvalue weighted by Gasteiger charge is 2.44. The van der Waals surface area contributed by atoms with Crippen LogP contribution in [-0.4, -0.2) is 54.3 Å². The highest BCUT2D eigenvalue weighted by Crippen LogP contribution is 2.49. The van der Waals surface area contributed by atoms with Crippen molar-refractivity contribution in [1.82, 2.24) is 15.1 Å². The first-order valence-corrected chi connectivity index (χ1v) is 14.5. The monoisotopic (exact) mass is 536 g/mol. The van der Waals surface area contributed by atoms with E-state index in [2.05, 4.69) is 71.5 Å². The van der Waals surface area contributed by atoms with Gasteiger partial charge in [-0.15, -0.1) is 10.2 Å². The van der Waals surface area contributed by atoms with Gasteiger partial charge in [-0.05, 0) is 99.8 Å². The first-order valence-electron chi connectivity index (χ1n) is 13.7. The number of ether oxygens (including phenoxy) is 1. The molecule has 1 spiro atoms. The summed E-state index contributed by atoms with van der Waals surface area (Å²) >= 11 is 1.60. The predicted molar refractivity (Wildman–Crippen MR) is 156 cm³/mol. The molecule has 0 radical (unpaired) electrons. The zero-order valence-corrected chi connectivity index (χ0v) is 23.5. The normalized spacial score (nSPS) is 17.8.